The molecule has 0 atom stereocenters. The molecule has 0 saturated carbocycles. The molecule has 7 nitrogen and oxygen atoms in total. The molecule has 1 aromatic heterocycles. The van der Waals surface area contributed by atoms with Crippen molar-refractivity contribution in [2.75, 3.05) is 13.6 Å². The minimum Gasteiger partial charge on any atom is -0.481 e. The molecular formula is C8H12N4O3. The molecule has 1 amide bonds. The fraction of sp³-hybridized carbons (Fsp3) is 0.500. The van der Waals surface area contributed by atoms with Crippen LogP contribution in [0.25, 0.3) is 0 Å². The number of nitrogens with one attached hydrogen (secondary N) is 1. The standard InChI is InChI=1S/C8H12N4O3/c1-5-9-7(11-10-5)8(15)12(2)4-3-6(13)14/h3-4H2,1-2H3,(H,13,14)(H,9,10,11). The minimum absolute atomic E-state index is 0.0559. The molecule has 0 aliphatic rings. The van der Waals surface area contributed by atoms with Crippen LogP contribution in [0.4, 0.5) is 0 Å². The smallest absolute Gasteiger partial charge is 0.305 e. The second-order valence-corrected chi connectivity index (χ2v) is 3.11. The van der Waals surface area contributed by atoms with Gasteiger partial charge in [0.1, 0.15) is 5.82 Å². The lowest BCUT2D eigenvalue weighted by atomic mass is 10.4. The van der Waals surface area contributed by atoms with Gasteiger partial charge in [0, 0.05) is 13.6 Å². The van der Waals surface area contributed by atoms with Crippen LogP contribution in [0.3, 0.4) is 0 Å². The summed E-state index contributed by atoms with van der Waals surface area (Å²) in [7, 11) is 1.51. The number of carbonyl (C=O) groups excluding carboxylic acids is 1. The Bertz CT molecular complexity index is 374. The SMILES string of the molecule is Cc1nc(C(=O)N(C)CCC(=O)O)n[nH]1. The predicted octanol–water partition coefficient (Wildman–Crippen LogP) is -0.340. The Labute approximate surface area is 86.1 Å². The zero-order valence-electron chi connectivity index (χ0n) is 8.52. The first-order valence-corrected chi connectivity index (χ1v) is 4.37. The Morgan fingerprint density at radius 2 is 2.20 bits per heavy atom. The molecule has 7 heteroatoms. The Kier molecular flexibility index (Phi) is 3.37. The molecule has 0 aliphatic carbocycles. The number of H-pyrrole nitrogens is 1. The lowest BCUT2D eigenvalue weighted by Crippen LogP contribution is -2.29. The van der Waals surface area contributed by atoms with Crippen molar-refractivity contribution >= 4 is 11.9 Å². The summed E-state index contributed by atoms with van der Waals surface area (Å²) in [5, 5.41) is 14.7. The number of hydrogen-bond acceptors (Lipinski definition) is 4. The average Bonchev–Trinajstić information content (AvgIpc) is 2.60. The van der Waals surface area contributed by atoms with Crippen LogP contribution < -0.4 is 0 Å². The summed E-state index contributed by atoms with van der Waals surface area (Å²) in [6, 6.07) is 0. The van der Waals surface area contributed by atoms with Gasteiger partial charge in [0.2, 0.25) is 5.82 Å². The molecule has 0 aliphatic heterocycles. The maximum atomic E-state index is 11.6. The van der Waals surface area contributed by atoms with Crippen LogP contribution >= 0.6 is 0 Å². The van der Waals surface area contributed by atoms with E-state index in [0.29, 0.717) is 5.82 Å². The number of hydrogen-bond donors (Lipinski definition) is 2. The third-order valence-electron chi connectivity index (χ3n) is 1.80. The van der Waals surface area contributed by atoms with Crippen LogP contribution in [0.1, 0.15) is 22.9 Å². The molecule has 15 heavy (non-hydrogen) atoms. The number of amides is 1. The Morgan fingerprint density at radius 1 is 1.53 bits per heavy atom. The van der Waals surface area contributed by atoms with Gasteiger partial charge in [-0.05, 0) is 6.92 Å². The van der Waals surface area contributed by atoms with E-state index < -0.39 is 5.97 Å². The normalized spacial score (nSPS) is 10.0. The number of aliphatic carboxylic acids is 1. The van der Waals surface area contributed by atoms with Crippen LogP contribution in [0.2, 0.25) is 0 Å². The number of carboxylic acids is 1. The van der Waals surface area contributed by atoms with E-state index in [-0.39, 0.29) is 24.7 Å². The van der Waals surface area contributed by atoms with E-state index in [1.807, 2.05) is 0 Å². The summed E-state index contributed by atoms with van der Waals surface area (Å²) in [6.45, 7) is 1.82. The summed E-state index contributed by atoms with van der Waals surface area (Å²) in [5.74, 6) is -0.730. The number of carboxylic acid groups (broad SMARTS) is 1. The quantitative estimate of drug-likeness (QED) is 0.711. The summed E-state index contributed by atoms with van der Waals surface area (Å²) in [5.41, 5.74) is 0. The van der Waals surface area contributed by atoms with Gasteiger partial charge >= 0.3 is 5.97 Å². The third kappa shape index (κ3) is 3.04. The van der Waals surface area contributed by atoms with Gasteiger partial charge in [0.15, 0.2) is 0 Å². The van der Waals surface area contributed by atoms with Crippen LogP contribution in [-0.4, -0.2) is 50.7 Å². The van der Waals surface area contributed by atoms with E-state index in [4.69, 9.17) is 5.11 Å². The van der Waals surface area contributed by atoms with Gasteiger partial charge in [0.25, 0.3) is 5.91 Å². The predicted molar refractivity (Wildman–Crippen MR) is 50.3 cm³/mol. The molecule has 0 spiro atoms. The van der Waals surface area contributed by atoms with Gasteiger partial charge in [-0.15, -0.1) is 5.10 Å². The van der Waals surface area contributed by atoms with Crippen molar-refractivity contribution in [2.45, 2.75) is 13.3 Å². The highest BCUT2D eigenvalue weighted by atomic mass is 16.4. The second kappa shape index (κ2) is 4.54. The van der Waals surface area contributed by atoms with Gasteiger partial charge in [-0.1, -0.05) is 0 Å². The molecular weight excluding hydrogens is 200 g/mol. The maximum Gasteiger partial charge on any atom is 0.305 e. The highest BCUT2D eigenvalue weighted by molar-refractivity contribution is 5.90. The van der Waals surface area contributed by atoms with Crippen LogP contribution in [-0.2, 0) is 4.79 Å². The van der Waals surface area contributed by atoms with Crippen molar-refractivity contribution in [3.63, 3.8) is 0 Å². The first-order chi connectivity index (χ1) is 7.00. The average molecular weight is 212 g/mol. The van der Waals surface area contributed by atoms with E-state index >= 15 is 0 Å². The van der Waals surface area contributed by atoms with Crippen LogP contribution in [0.5, 0.6) is 0 Å². The van der Waals surface area contributed by atoms with Gasteiger partial charge in [0.05, 0.1) is 6.42 Å². The van der Waals surface area contributed by atoms with Gasteiger partial charge in [-0.2, -0.15) is 0 Å². The van der Waals surface area contributed by atoms with Crippen molar-refractivity contribution in [1.29, 1.82) is 0 Å². The minimum atomic E-state index is -0.944. The Hall–Kier alpha value is -1.92. The van der Waals surface area contributed by atoms with Crippen LogP contribution in [0.15, 0.2) is 0 Å². The summed E-state index contributed by atoms with van der Waals surface area (Å²) in [6.07, 6.45) is -0.0916. The fourth-order valence-corrected chi connectivity index (χ4v) is 0.974. The highest BCUT2D eigenvalue weighted by Gasteiger charge is 2.16. The number of carbonyl (C=O) groups is 2. The number of aromatic nitrogens is 3. The fourth-order valence-electron chi connectivity index (χ4n) is 0.974. The zero-order valence-corrected chi connectivity index (χ0v) is 8.52. The molecule has 1 heterocycles. The molecule has 1 rings (SSSR count). The monoisotopic (exact) mass is 212 g/mol. The largest absolute Gasteiger partial charge is 0.481 e. The van der Waals surface area contributed by atoms with E-state index in [1.165, 1.54) is 11.9 Å². The van der Waals surface area contributed by atoms with Crippen molar-refractivity contribution in [2.24, 2.45) is 0 Å². The third-order valence-corrected chi connectivity index (χ3v) is 1.80. The molecule has 0 radical (unpaired) electrons. The first-order valence-electron chi connectivity index (χ1n) is 4.37. The van der Waals surface area contributed by atoms with Gasteiger partial charge < -0.3 is 10.0 Å². The molecule has 0 fully saturated rings. The van der Waals surface area contributed by atoms with E-state index in [0.717, 1.165) is 0 Å². The topological polar surface area (TPSA) is 99.2 Å². The number of rotatable bonds is 4. The molecule has 2 N–H and O–H groups in total. The van der Waals surface area contributed by atoms with Gasteiger partial charge in [-0.25, -0.2) is 4.98 Å². The molecule has 82 valence electrons. The van der Waals surface area contributed by atoms with Gasteiger partial charge in [-0.3, -0.25) is 14.7 Å². The molecule has 1 aromatic rings. The second-order valence-electron chi connectivity index (χ2n) is 3.11. The lowest BCUT2D eigenvalue weighted by molar-refractivity contribution is -0.137. The van der Waals surface area contributed by atoms with Crippen LogP contribution in [0, 0.1) is 6.92 Å². The van der Waals surface area contributed by atoms with Crippen molar-refractivity contribution in [3.05, 3.63) is 11.6 Å². The van der Waals surface area contributed by atoms with E-state index in [9.17, 15) is 9.59 Å². The number of aryl methyl sites for hydroxylation is 1. The summed E-state index contributed by atoms with van der Waals surface area (Å²) in [4.78, 5) is 27.0. The Balaban J connectivity index is 2.57. The lowest BCUT2D eigenvalue weighted by Gasteiger charge is -2.13. The van der Waals surface area contributed by atoms with E-state index in [2.05, 4.69) is 15.2 Å². The number of aromatic amines is 1. The van der Waals surface area contributed by atoms with Crippen molar-refractivity contribution in [1.82, 2.24) is 20.1 Å². The molecule has 0 bridgehead atoms. The zero-order chi connectivity index (χ0) is 11.4. The molecule has 0 aromatic carbocycles. The van der Waals surface area contributed by atoms with E-state index in [1.54, 1.807) is 6.92 Å². The van der Waals surface area contributed by atoms with Crippen molar-refractivity contribution in [3.8, 4) is 0 Å². The summed E-state index contributed by atoms with van der Waals surface area (Å²) >= 11 is 0. The van der Waals surface area contributed by atoms with Crippen molar-refractivity contribution < 1.29 is 14.7 Å². The maximum absolute atomic E-state index is 11.6. The first kappa shape index (κ1) is 11.2. The molecule has 0 saturated heterocycles. The number of nitrogens with zero attached hydrogens (tertiary/aromatic N) is 3. The Morgan fingerprint density at radius 3 is 2.67 bits per heavy atom. The highest BCUT2D eigenvalue weighted by Crippen LogP contribution is 1.98. The summed E-state index contributed by atoms with van der Waals surface area (Å²) < 4.78 is 0. The molecule has 0 unspecified atom stereocenters.